The number of rotatable bonds is 7. The van der Waals surface area contributed by atoms with Crippen LogP contribution in [-0.2, 0) is 4.79 Å². The van der Waals surface area contributed by atoms with Gasteiger partial charge in [-0.25, -0.2) is 0 Å². The Kier molecular flexibility index (Phi) is 6.42. The molecule has 3 N–H and O–H groups in total. The Hall–Kier alpha value is -0.610. The lowest BCUT2D eigenvalue weighted by Gasteiger charge is -2.33. The molecule has 1 fully saturated rings. The first kappa shape index (κ1) is 13.5. The summed E-state index contributed by atoms with van der Waals surface area (Å²) in [5.41, 5.74) is 5.31. The van der Waals surface area contributed by atoms with Gasteiger partial charge in [0.25, 0.3) is 0 Å². The van der Waals surface area contributed by atoms with Gasteiger partial charge in [0.15, 0.2) is 0 Å². The van der Waals surface area contributed by atoms with Gasteiger partial charge in [0.2, 0.25) is 5.91 Å². The van der Waals surface area contributed by atoms with E-state index in [0.29, 0.717) is 12.6 Å². The number of nitrogens with zero attached hydrogens (tertiary/aromatic N) is 1. The number of piperidine rings is 1. The maximum Gasteiger partial charge on any atom is 0.231 e. The molecular formula is C12H25N3O. The van der Waals surface area contributed by atoms with Gasteiger partial charge in [-0.3, -0.25) is 9.69 Å². The SMILES string of the molecule is CCCCCN(CC(N)=O)C1CCNCC1. The molecule has 0 unspecified atom stereocenters. The molecule has 4 nitrogen and oxygen atoms in total. The van der Waals surface area contributed by atoms with Crippen LogP contribution in [0, 0.1) is 0 Å². The minimum atomic E-state index is -0.199. The minimum absolute atomic E-state index is 0.199. The third-order valence-electron chi connectivity index (χ3n) is 3.23. The molecule has 1 aliphatic rings. The first-order valence-corrected chi connectivity index (χ1v) is 6.47. The fourth-order valence-corrected chi connectivity index (χ4v) is 2.33. The van der Waals surface area contributed by atoms with E-state index in [1.165, 1.54) is 19.3 Å². The first-order valence-electron chi connectivity index (χ1n) is 6.47. The number of nitrogens with two attached hydrogens (primary N) is 1. The highest BCUT2D eigenvalue weighted by atomic mass is 16.1. The van der Waals surface area contributed by atoms with E-state index in [2.05, 4.69) is 17.1 Å². The van der Waals surface area contributed by atoms with Gasteiger partial charge < -0.3 is 11.1 Å². The molecule has 0 bridgehead atoms. The second kappa shape index (κ2) is 7.63. The number of carbonyl (C=O) groups is 1. The quantitative estimate of drug-likeness (QED) is 0.630. The van der Waals surface area contributed by atoms with E-state index in [9.17, 15) is 4.79 Å². The lowest BCUT2D eigenvalue weighted by atomic mass is 10.0. The minimum Gasteiger partial charge on any atom is -0.369 e. The number of hydrogen-bond donors (Lipinski definition) is 2. The molecule has 0 aliphatic carbocycles. The molecule has 4 heteroatoms. The fraction of sp³-hybridized carbons (Fsp3) is 0.917. The average molecular weight is 227 g/mol. The molecule has 0 saturated carbocycles. The molecule has 1 amide bonds. The van der Waals surface area contributed by atoms with Crippen LogP contribution in [0.15, 0.2) is 0 Å². The van der Waals surface area contributed by atoms with E-state index < -0.39 is 0 Å². The molecule has 0 aromatic carbocycles. The van der Waals surface area contributed by atoms with E-state index >= 15 is 0 Å². The Morgan fingerprint density at radius 2 is 2.06 bits per heavy atom. The van der Waals surface area contributed by atoms with Crippen molar-refractivity contribution in [3.63, 3.8) is 0 Å². The molecule has 0 spiro atoms. The number of primary amides is 1. The average Bonchev–Trinajstić information content (AvgIpc) is 2.29. The molecule has 16 heavy (non-hydrogen) atoms. The summed E-state index contributed by atoms with van der Waals surface area (Å²) in [5, 5.41) is 3.35. The summed E-state index contributed by atoms with van der Waals surface area (Å²) in [5.74, 6) is -0.199. The molecule has 0 aromatic rings. The summed E-state index contributed by atoms with van der Waals surface area (Å²) in [6, 6.07) is 0.547. The number of unbranched alkanes of at least 4 members (excludes halogenated alkanes) is 2. The fourth-order valence-electron chi connectivity index (χ4n) is 2.33. The zero-order valence-corrected chi connectivity index (χ0v) is 10.4. The van der Waals surface area contributed by atoms with Crippen LogP contribution in [0.1, 0.15) is 39.0 Å². The topological polar surface area (TPSA) is 58.4 Å². The first-order chi connectivity index (χ1) is 7.74. The summed E-state index contributed by atoms with van der Waals surface area (Å²) in [4.78, 5) is 13.3. The van der Waals surface area contributed by atoms with Gasteiger partial charge in [0.1, 0.15) is 0 Å². The van der Waals surface area contributed by atoms with Crippen LogP contribution in [0.5, 0.6) is 0 Å². The smallest absolute Gasteiger partial charge is 0.231 e. The van der Waals surface area contributed by atoms with E-state index in [-0.39, 0.29) is 5.91 Å². The Bertz CT molecular complexity index is 202. The molecule has 0 radical (unpaired) electrons. The zero-order chi connectivity index (χ0) is 11.8. The lowest BCUT2D eigenvalue weighted by Crippen LogP contribution is -2.46. The highest BCUT2D eigenvalue weighted by Crippen LogP contribution is 2.12. The lowest BCUT2D eigenvalue weighted by molar-refractivity contribution is -0.119. The van der Waals surface area contributed by atoms with Crippen molar-refractivity contribution in [2.75, 3.05) is 26.2 Å². The van der Waals surface area contributed by atoms with Crippen LogP contribution >= 0.6 is 0 Å². The van der Waals surface area contributed by atoms with Crippen LogP contribution in [0.3, 0.4) is 0 Å². The monoisotopic (exact) mass is 227 g/mol. The molecule has 1 saturated heterocycles. The van der Waals surface area contributed by atoms with E-state index in [4.69, 9.17) is 5.73 Å². The molecule has 94 valence electrons. The molecule has 1 heterocycles. The normalized spacial score (nSPS) is 17.9. The predicted octanol–water partition coefficient (Wildman–Crippen LogP) is 0.716. The molecular weight excluding hydrogens is 202 g/mol. The van der Waals surface area contributed by atoms with Gasteiger partial charge in [-0.2, -0.15) is 0 Å². The summed E-state index contributed by atoms with van der Waals surface area (Å²) >= 11 is 0. The van der Waals surface area contributed by atoms with Crippen molar-refractivity contribution in [1.29, 1.82) is 0 Å². The van der Waals surface area contributed by atoms with Crippen molar-refractivity contribution in [2.24, 2.45) is 5.73 Å². The number of amides is 1. The van der Waals surface area contributed by atoms with Gasteiger partial charge in [-0.05, 0) is 38.9 Å². The third-order valence-corrected chi connectivity index (χ3v) is 3.23. The summed E-state index contributed by atoms with van der Waals surface area (Å²) in [7, 11) is 0. The second-order valence-corrected chi connectivity index (χ2v) is 4.63. The Balaban J connectivity index is 2.37. The van der Waals surface area contributed by atoms with Crippen LogP contribution < -0.4 is 11.1 Å². The summed E-state index contributed by atoms with van der Waals surface area (Å²) in [6.45, 7) is 5.76. The molecule has 0 aromatic heterocycles. The van der Waals surface area contributed by atoms with E-state index in [1.54, 1.807) is 0 Å². The number of hydrogen-bond acceptors (Lipinski definition) is 3. The van der Waals surface area contributed by atoms with Gasteiger partial charge >= 0.3 is 0 Å². The van der Waals surface area contributed by atoms with Crippen molar-refractivity contribution < 1.29 is 4.79 Å². The third kappa shape index (κ3) is 4.94. The van der Waals surface area contributed by atoms with Gasteiger partial charge in [0, 0.05) is 6.04 Å². The molecule has 1 aliphatic heterocycles. The maximum atomic E-state index is 11.0. The Morgan fingerprint density at radius 1 is 1.38 bits per heavy atom. The number of carbonyl (C=O) groups excluding carboxylic acids is 1. The Labute approximate surface area is 98.6 Å². The highest BCUT2D eigenvalue weighted by molar-refractivity contribution is 5.75. The predicted molar refractivity (Wildman–Crippen MR) is 66.2 cm³/mol. The van der Waals surface area contributed by atoms with E-state index in [0.717, 1.165) is 32.5 Å². The summed E-state index contributed by atoms with van der Waals surface area (Å²) < 4.78 is 0. The molecule has 0 atom stereocenters. The van der Waals surface area contributed by atoms with Crippen molar-refractivity contribution >= 4 is 5.91 Å². The maximum absolute atomic E-state index is 11.0. The number of nitrogens with one attached hydrogen (secondary N) is 1. The van der Waals surface area contributed by atoms with Crippen LogP contribution in [0.4, 0.5) is 0 Å². The Morgan fingerprint density at radius 3 is 2.62 bits per heavy atom. The van der Waals surface area contributed by atoms with Crippen molar-refractivity contribution in [1.82, 2.24) is 10.2 Å². The van der Waals surface area contributed by atoms with E-state index in [1.807, 2.05) is 0 Å². The van der Waals surface area contributed by atoms with Crippen molar-refractivity contribution in [3.8, 4) is 0 Å². The van der Waals surface area contributed by atoms with Gasteiger partial charge in [0.05, 0.1) is 6.54 Å². The second-order valence-electron chi connectivity index (χ2n) is 4.63. The van der Waals surface area contributed by atoms with Crippen molar-refractivity contribution in [2.45, 2.75) is 45.1 Å². The van der Waals surface area contributed by atoms with Gasteiger partial charge in [-0.1, -0.05) is 19.8 Å². The van der Waals surface area contributed by atoms with Crippen molar-refractivity contribution in [3.05, 3.63) is 0 Å². The van der Waals surface area contributed by atoms with Crippen LogP contribution in [0.2, 0.25) is 0 Å². The zero-order valence-electron chi connectivity index (χ0n) is 10.4. The van der Waals surface area contributed by atoms with Crippen LogP contribution in [0.25, 0.3) is 0 Å². The summed E-state index contributed by atoms with van der Waals surface area (Å²) in [6.07, 6.45) is 5.91. The highest BCUT2D eigenvalue weighted by Gasteiger charge is 2.21. The largest absolute Gasteiger partial charge is 0.369 e. The standard InChI is InChI=1S/C12H25N3O/c1-2-3-4-9-15(10-12(13)16)11-5-7-14-8-6-11/h11,14H,2-10H2,1H3,(H2,13,16). The van der Waals surface area contributed by atoms with Crippen LogP contribution in [-0.4, -0.2) is 43.0 Å². The van der Waals surface area contributed by atoms with Gasteiger partial charge in [-0.15, -0.1) is 0 Å². The molecule has 1 rings (SSSR count).